The van der Waals surface area contributed by atoms with E-state index in [0.717, 1.165) is 5.56 Å². The third-order valence-electron chi connectivity index (χ3n) is 4.34. The maximum atomic E-state index is 11.4. The Morgan fingerprint density at radius 1 is 1.12 bits per heavy atom. The molecule has 0 aliphatic carbocycles. The fourth-order valence-electron chi connectivity index (χ4n) is 3.11. The molecule has 0 saturated carbocycles. The molecule has 1 heterocycles. The molecule has 6 nitrogen and oxygen atoms in total. The van der Waals surface area contributed by atoms with Gasteiger partial charge < -0.3 is 20.3 Å². The van der Waals surface area contributed by atoms with Crippen molar-refractivity contribution in [3.63, 3.8) is 0 Å². The van der Waals surface area contributed by atoms with E-state index in [1.165, 1.54) is 12.1 Å². The zero-order valence-electron chi connectivity index (χ0n) is 13.5. The summed E-state index contributed by atoms with van der Waals surface area (Å²) in [5, 5.41) is 21.6. The fraction of sp³-hybridized carbons (Fsp3) is 0.263. The summed E-state index contributed by atoms with van der Waals surface area (Å²) in [6.45, 7) is 0.897. The van der Waals surface area contributed by atoms with Crippen LogP contribution in [-0.4, -0.2) is 34.7 Å². The molecule has 3 N–H and O–H groups in total. The van der Waals surface area contributed by atoms with E-state index in [0.29, 0.717) is 30.9 Å². The van der Waals surface area contributed by atoms with Crippen molar-refractivity contribution in [2.45, 2.75) is 25.0 Å². The lowest BCUT2D eigenvalue weighted by atomic mass is 9.90. The first-order valence-electron chi connectivity index (χ1n) is 8.06. The molecule has 130 valence electrons. The van der Waals surface area contributed by atoms with Gasteiger partial charge in [0.2, 0.25) is 0 Å². The van der Waals surface area contributed by atoms with Gasteiger partial charge in [-0.3, -0.25) is 4.79 Å². The van der Waals surface area contributed by atoms with Crippen LogP contribution in [0.2, 0.25) is 0 Å². The standard InChI is InChI=1S/C19H19NO5/c21-18(22)14-8-13(16-6-7-20-17(16)19(23)24)9-15(10-14)25-11-12-4-2-1-3-5-12/h1-5,8-10,16-17,20H,6-7,11H2,(H,21,22)(H,23,24)/t16-,17+/m1/s1. The van der Waals surface area contributed by atoms with E-state index in [2.05, 4.69) is 5.32 Å². The number of aliphatic carboxylic acids is 1. The smallest absolute Gasteiger partial charge is 0.335 e. The number of carbonyl (C=O) groups is 2. The Bertz CT molecular complexity index is 775. The zero-order valence-corrected chi connectivity index (χ0v) is 13.5. The Morgan fingerprint density at radius 3 is 2.56 bits per heavy atom. The largest absolute Gasteiger partial charge is 0.489 e. The molecule has 1 aliphatic heterocycles. The van der Waals surface area contributed by atoms with Crippen molar-refractivity contribution in [3.05, 3.63) is 65.2 Å². The summed E-state index contributed by atoms with van der Waals surface area (Å²) in [7, 11) is 0. The first-order chi connectivity index (χ1) is 12.0. The highest BCUT2D eigenvalue weighted by molar-refractivity contribution is 5.88. The second-order valence-electron chi connectivity index (χ2n) is 6.04. The quantitative estimate of drug-likeness (QED) is 0.747. The molecule has 0 radical (unpaired) electrons. The van der Waals surface area contributed by atoms with Gasteiger partial charge in [-0.25, -0.2) is 4.79 Å². The molecule has 2 atom stereocenters. The van der Waals surface area contributed by atoms with Crippen LogP contribution in [0.3, 0.4) is 0 Å². The Hall–Kier alpha value is -2.86. The van der Waals surface area contributed by atoms with Crippen LogP contribution < -0.4 is 10.1 Å². The lowest BCUT2D eigenvalue weighted by Crippen LogP contribution is -2.34. The number of carboxylic acids is 2. The predicted octanol–water partition coefficient (Wildman–Crippen LogP) is 2.49. The maximum absolute atomic E-state index is 11.4. The second kappa shape index (κ2) is 7.36. The van der Waals surface area contributed by atoms with E-state index in [9.17, 15) is 19.8 Å². The van der Waals surface area contributed by atoms with Crippen LogP contribution in [0.4, 0.5) is 0 Å². The summed E-state index contributed by atoms with van der Waals surface area (Å²) >= 11 is 0. The van der Waals surface area contributed by atoms with Crippen molar-refractivity contribution < 1.29 is 24.5 Å². The monoisotopic (exact) mass is 341 g/mol. The molecule has 2 aromatic carbocycles. The molecule has 25 heavy (non-hydrogen) atoms. The number of carboxylic acid groups (broad SMARTS) is 2. The van der Waals surface area contributed by atoms with Gasteiger partial charge in [0.15, 0.2) is 0 Å². The number of rotatable bonds is 6. The normalized spacial score (nSPS) is 19.5. The molecule has 6 heteroatoms. The molecule has 0 amide bonds. The lowest BCUT2D eigenvalue weighted by Gasteiger charge is -2.18. The van der Waals surface area contributed by atoms with Gasteiger partial charge in [-0.15, -0.1) is 0 Å². The third-order valence-corrected chi connectivity index (χ3v) is 4.34. The fourth-order valence-corrected chi connectivity index (χ4v) is 3.11. The minimum Gasteiger partial charge on any atom is -0.489 e. The summed E-state index contributed by atoms with van der Waals surface area (Å²) in [6, 6.07) is 13.6. The first-order valence-corrected chi connectivity index (χ1v) is 8.06. The van der Waals surface area contributed by atoms with Crippen LogP contribution in [0.5, 0.6) is 5.75 Å². The Morgan fingerprint density at radius 2 is 1.88 bits per heavy atom. The van der Waals surface area contributed by atoms with E-state index < -0.39 is 18.0 Å². The SMILES string of the molecule is O=C(O)c1cc(OCc2ccccc2)cc([C@H]2CCN[C@@H]2C(=O)O)c1. The van der Waals surface area contributed by atoms with Crippen molar-refractivity contribution in [1.29, 1.82) is 0 Å². The molecular formula is C19H19NO5. The van der Waals surface area contributed by atoms with Crippen molar-refractivity contribution in [2.24, 2.45) is 0 Å². The molecule has 1 fully saturated rings. The number of hydrogen-bond donors (Lipinski definition) is 3. The molecule has 0 spiro atoms. The zero-order chi connectivity index (χ0) is 17.8. The summed E-state index contributed by atoms with van der Waals surface area (Å²) in [5.41, 5.74) is 1.73. The van der Waals surface area contributed by atoms with Gasteiger partial charge in [0.1, 0.15) is 18.4 Å². The highest BCUT2D eigenvalue weighted by atomic mass is 16.5. The Balaban J connectivity index is 1.87. The van der Waals surface area contributed by atoms with Gasteiger partial charge in [0.25, 0.3) is 0 Å². The second-order valence-corrected chi connectivity index (χ2v) is 6.04. The molecule has 1 saturated heterocycles. The average Bonchev–Trinajstić information content (AvgIpc) is 3.11. The Labute approximate surface area is 145 Å². The van der Waals surface area contributed by atoms with E-state index in [1.54, 1.807) is 6.07 Å². The lowest BCUT2D eigenvalue weighted by molar-refractivity contribution is -0.139. The average molecular weight is 341 g/mol. The number of benzene rings is 2. The van der Waals surface area contributed by atoms with Crippen molar-refractivity contribution in [1.82, 2.24) is 5.32 Å². The Kier molecular flexibility index (Phi) is 5.00. The van der Waals surface area contributed by atoms with Crippen LogP contribution >= 0.6 is 0 Å². The highest BCUT2D eigenvalue weighted by Crippen LogP contribution is 2.31. The van der Waals surface area contributed by atoms with Gasteiger partial charge in [0, 0.05) is 5.92 Å². The van der Waals surface area contributed by atoms with Crippen LogP contribution in [0.25, 0.3) is 0 Å². The summed E-state index contributed by atoms with van der Waals surface area (Å²) < 4.78 is 5.75. The number of nitrogens with one attached hydrogen (secondary N) is 1. The molecule has 0 unspecified atom stereocenters. The summed E-state index contributed by atoms with van der Waals surface area (Å²) in [5.74, 6) is -1.86. The van der Waals surface area contributed by atoms with Crippen molar-refractivity contribution >= 4 is 11.9 Å². The van der Waals surface area contributed by atoms with E-state index in [4.69, 9.17) is 4.74 Å². The van der Waals surface area contributed by atoms with Crippen LogP contribution in [0.15, 0.2) is 48.5 Å². The molecule has 2 aromatic rings. The summed E-state index contributed by atoms with van der Waals surface area (Å²) in [4.78, 5) is 22.8. The van der Waals surface area contributed by atoms with Crippen LogP contribution in [0.1, 0.15) is 33.8 Å². The molecule has 0 bridgehead atoms. The van der Waals surface area contributed by atoms with Crippen molar-refractivity contribution in [3.8, 4) is 5.75 Å². The minimum atomic E-state index is -1.07. The number of ether oxygens (including phenoxy) is 1. The molecular weight excluding hydrogens is 322 g/mol. The van der Waals surface area contributed by atoms with Gasteiger partial charge in [-0.2, -0.15) is 0 Å². The van der Waals surface area contributed by atoms with E-state index in [1.807, 2.05) is 30.3 Å². The van der Waals surface area contributed by atoms with Crippen LogP contribution in [-0.2, 0) is 11.4 Å². The first kappa shape index (κ1) is 17.0. The predicted molar refractivity (Wildman–Crippen MR) is 91.0 cm³/mol. The van der Waals surface area contributed by atoms with Crippen molar-refractivity contribution in [2.75, 3.05) is 6.54 Å². The maximum Gasteiger partial charge on any atom is 0.335 e. The van der Waals surface area contributed by atoms with Gasteiger partial charge >= 0.3 is 11.9 Å². The van der Waals surface area contributed by atoms with E-state index >= 15 is 0 Å². The van der Waals surface area contributed by atoms with Gasteiger partial charge in [-0.05, 0) is 42.3 Å². The number of aromatic carboxylic acids is 1. The molecule has 0 aromatic heterocycles. The molecule has 3 rings (SSSR count). The minimum absolute atomic E-state index is 0.0941. The topological polar surface area (TPSA) is 95.9 Å². The summed E-state index contributed by atoms with van der Waals surface area (Å²) in [6.07, 6.45) is 0.637. The highest BCUT2D eigenvalue weighted by Gasteiger charge is 2.34. The van der Waals surface area contributed by atoms with Crippen LogP contribution in [0, 0.1) is 0 Å². The number of hydrogen-bond acceptors (Lipinski definition) is 4. The van der Waals surface area contributed by atoms with Gasteiger partial charge in [0.05, 0.1) is 5.56 Å². The molecule has 1 aliphatic rings. The van der Waals surface area contributed by atoms with Gasteiger partial charge in [-0.1, -0.05) is 30.3 Å². The third kappa shape index (κ3) is 3.97. The van der Waals surface area contributed by atoms with E-state index in [-0.39, 0.29) is 11.5 Å².